The van der Waals surface area contributed by atoms with Crippen LogP contribution in [0.15, 0.2) is 0 Å². The Balaban J connectivity index is 2.70. The summed E-state index contributed by atoms with van der Waals surface area (Å²) < 4.78 is 0. The molecule has 0 saturated heterocycles. The second kappa shape index (κ2) is 6.55. The second-order valence-electron chi connectivity index (χ2n) is 6.60. The molecule has 1 fully saturated rings. The normalized spacial score (nSPS) is 25.4. The molecular formula is C15H29NO2. The van der Waals surface area contributed by atoms with E-state index in [1.165, 1.54) is 25.7 Å². The molecule has 0 aromatic rings. The lowest BCUT2D eigenvalue weighted by Crippen LogP contribution is -2.47. The van der Waals surface area contributed by atoms with Crippen molar-refractivity contribution < 1.29 is 9.90 Å². The van der Waals surface area contributed by atoms with Crippen LogP contribution in [0.4, 0.5) is 0 Å². The highest BCUT2D eigenvalue weighted by Gasteiger charge is 2.36. The molecule has 0 amide bonds. The van der Waals surface area contributed by atoms with Gasteiger partial charge >= 0.3 is 5.97 Å². The molecule has 2 unspecified atom stereocenters. The van der Waals surface area contributed by atoms with Gasteiger partial charge in [-0.25, -0.2) is 0 Å². The average Bonchev–Trinajstić information content (AvgIpc) is 2.29. The number of hydrogen-bond donors (Lipinski definition) is 1. The summed E-state index contributed by atoms with van der Waals surface area (Å²) in [7, 11) is 0. The van der Waals surface area contributed by atoms with Crippen LogP contribution in [-0.2, 0) is 4.79 Å². The first-order valence-electron chi connectivity index (χ1n) is 7.32. The minimum absolute atomic E-state index is 0.265. The Labute approximate surface area is 112 Å². The van der Waals surface area contributed by atoms with Gasteiger partial charge in [0.05, 0.1) is 6.42 Å². The van der Waals surface area contributed by atoms with Gasteiger partial charge in [0.15, 0.2) is 0 Å². The van der Waals surface area contributed by atoms with Gasteiger partial charge in [0, 0.05) is 12.6 Å². The van der Waals surface area contributed by atoms with Gasteiger partial charge in [-0.1, -0.05) is 40.5 Å². The van der Waals surface area contributed by atoms with Crippen LogP contribution in [0.2, 0.25) is 0 Å². The first-order chi connectivity index (χ1) is 8.36. The summed E-state index contributed by atoms with van der Waals surface area (Å²) in [4.78, 5) is 13.1. The molecule has 1 saturated carbocycles. The van der Waals surface area contributed by atoms with Crippen LogP contribution in [0.25, 0.3) is 0 Å². The zero-order valence-corrected chi connectivity index (χ0v) is 12.4. The predicted octanol–water partition coefficient (Wildman–Crippen LogP) is 3.39. The Kier molecular flexibility index (Phi) is 5.64. The average molecular weight is 255 g/mol. The van der Waals surface area contributed by atoms with E-state index in [4.69, 9.17) is 5.11 Å². The van der Waals surface area contributed by atoms with E-state index in [-0.39, 0.29) is 6.42 Å². The van der Waals surface area contributed by atoms with Crippen LogP contribution in [0.1, 0.15) is 59.8 Å². The number of aliphatic carboxylic acids is 1. The van der Waals surface area contributed by atoms with E-state index in [1.807, 2.05) is 0 Å². The molecular weight excluding hydrogens is 226 g/mol. The fraction of sp³-hybridized carbons (Fsp3) is 0.933. The SMILES string of the molecule is CCN(CCC(=O)O)C1CCCCC1C(C)(C)C. The lowest BCUT2D eigenvalue weighted by Gasteiger charge is -2.45. The molecule has 3 nitrogen and oxygen atoms in total. The molecule has 1 N–H and O–H groups in total. The maximum Gasteiger partial charge on any atom is 0.304 e. The van der Waals surface area contributed by atoms with E-state index >= 15 is 0 Å². The van der Waals surface area contributed by atoms with Crippen molar-refractivity contribution in [1.82, 2.24) is 4.90 Å². The monoisotopic (exact) mass is 255 g/mol. The van der Waals surface area contributed by atoms with Crippen LogP contribution in [-0.4, -0.2) is 35.1 Å². The van der Waals surface area contributed by atoms with Crippen molar-refractivity contribution in [3.63, 3.8) is 0 Å². The lowest BCUT2D eigenvalue weighted by molar-refractivity contribution is -0.137. The Morgan fingerprint density at radius 1 is 1.28 bits per heavy atom. The summed E-state index contributed by atoms with van der Waals surface area (Å²) in [5.41, 5.74) is 0.321. The number of carbonyl (C=O) groups is 1. The summed E-state index contributed by atoms with van der Waals surface area (Å²) in [6.45, 7) is 10.8. The van der Waals surface area contributed by atoms with E-state index in [9.17, 15) is 4.79 Å². The van der Waals surface area contributed by atoms with E-state index in [0.29, 0.717) is 23.9 Å². The van der Waals surface area contributed by atoms with Crippen molar-refractivity contribution in [3.05, 3.63) is 0 Å². The fourth-order valence-corrected chi connectivity index (χ4v) is 3.36. The minimum Gasteiger partial charge on any atom is -0.481 e. The highest BCUT2D eigenvalue weighted by atomic mass is 16.4. The number of hydrogen-bond acceptors (Lipinski definition) is 2. The maximum atomic E-state index is 10.8. The summed E-state index contributed by atoms with van der Waals surface area (Å²) in [5, 5.41) is 8.86. The first-order valence-corrected chi connectivity index (χ1v) is 7.32. The summed E-state index contributed by atoms with van der Waals surface area (Å²) in [5.74, 6) is 0.0107. The Morgan fingerprint density at radius 3 is 2.39 bits per heavy atom. The lowest BCUT2D eigenvalue weighted by atomic mass is 9.69. The molecule has 106 valence electrons. The highest BCUT2D eigenvalue weighted by Crippen LogP contribution is 2.40. The molecule has 0 spiro atoms. The Morgan fingerprint density at radius 2 is 1.89 bits per heavy atom. The quantitative estimate of drug-likeness (QED) is 0.818. The van der Waals surface area contributed by atoms with Crippen molar-refractivity contribution >= 4 is 5.97 Å². The number of nitrogens with zero attached hydrogens (tertiary/aromatic N) is 1. The predicted molar refractivity (Wildman–Crippen MR) is 74.7 cm³/mol. The molecule has 1 aliphatic carbocycles. The van der Waals surface area contributed by atoms with Crippen LogP contribution < -0.4 is 0 Å². The largest absolute Gasteiger partial charge is 0.481 e. The van der Waals surface area contributed by atoms with Crippen molar-refractivity contribution in [2.45, 2.75) is 65.8 Å². The molecule has 1 aliphatic rings. The number of rotatable bonds is 5. The molecule has 3 heteroatoms. The van der Waals surface area contributed by atoms with Gasteiger partial charge in [-0.2, -0.15) is 0 Å². The van der Waals surface area contributed by atoms with Gasteiger partial charge in [-0.3, -0.25) is 9.69 Å². The van der Waals surface area contributed by atoms with Crippen molar-refractivity contribution in [2.24, 2.45) is 11.3 Å². The summed E-state index contributed by atoms with van der Waals surface area (Å²) >= 11 is 0. The molecule has 0 radical (unpaired) electrons. The van der Waals surface area contributed by atoms with Gasteiger partial charge in [-0.15, -0.1) is 0 Å². The molecule has 0 aliphatic heterocycles. The van der Waals surface area contributed by atoms with Gasteiger partial charge in [-0.05, 0) is 30.7 Å². The van der Waals surface area contributed by atoms with Crippen LogP contribution in [0.5, 0.6) is 0 Å². The molecule has 0 aromatic heterocycles. The third kappa shape index (κ3) is 4.27. The van der Waals surface area contributed by atoms with E-state index in [0.717, 1.165) is 6.54 Å². The Hall–Kier alpha value is -0.570. The number of carboxylic acid groups (broad SMARTS) is 1. The van der Waals surface area contributed by atoms with Gasteiger partial charge in [0.1, 0.15) is 0 Å². The summed E-state index contributed by atoms with van der Waals surface area (Å²) in [6.07, 6.45) is 5.41. The van der Waals surface area contributed by atoms with Crippen molar-refractivity contribution in [1.29, 1.82) is 0 Å². The molecule has 18 heavy (non-hydrogen) atoms. The standard InChI is InChI=1S/C15H29NO2/c1-5-16(11-10-14(17)18)13-9-7-6-8-12(13)15(2,3)4/h12-13H,5-11H2,1-4H3,(H,17,18). The smallest absolute Gasteiger partial charge is 0.304 e. The van der Waals surface area contributed by atoms with Crippen LogP contribution in [0, 0.1) is 11.3 Å². The molecule has 2 atom stereocenters. The molecule has 0 aromatic carbocycles. The minimum atomic E-state index is -0.684. The third-order valence-electron chi connectivity index (χ3n) is 4.33. The first kappa shape index (κ1) is 15.5. The van der Waals surface area contributed by atoms with E-state index < -0.39 is 5.97 Å². The molecule has 0 heterocycles. The van der Waals surface area contributed by atoms with Crippen LogP contribution >= 0.6 is 0 Å². The zero-order valence-electron chi connectivity index (χ0n) is 12.4. The second-order valence-corrected chi connectivity index (χ2v) is 6.60. The zero-order chi connectivity index (χ0) is 13.8. The van der Waals surface area contributed by atoms with Crippen molar-refractivity contribution in [2.75, 3.05) is 13.1 Å². The number of carboxylic acids is 1. The van der Waals surface area contributed by atoms with E-state index in [1.54, 1.807) is 0 Å². The highest BCUT2D eigenvalue weighted by molar-refractivity contribution is 5.66. The Bertz CT molecular complexity index is 270. The van der Waals surface area contributed by atoms with Gasteiger partial charge < -0.3 is 5.11 Å². The maximum absolute atomic E-state index is 10.8. The molecule has 0 bridgehead atoms. The van der Waals surface area contributed by atoms with Crippen molar-refractivity contribution in [3.8, 4) is 0 Å². The van der Waals surface area contributed by atoms with Crippen LogP contribution in [0.3, 0.4) is 0 Å². The molecule has 1 rings (SSSR count). The van der Waals surface area contributed by atoms with E-state index in [2.05, 4.69) is 32.6 Å². The topological polar surface area (TPSA) is 40.5 Å². The van der Waals surface area contributed by atoms with Gasteiger partial charge in [0.2, 0.25) is 0 Å². The fourth-order valence-electron chi connectivity index (χ4n) is 3.36. The van der Waals surface area contributed by atoms with Gasteiger partial charge in [0.25, 0.3) is 0 Å². The third-order valence-corrected chi connectivity index (χ3v) is 4.33. The summed E-state index contributed by atoms with van der Waals surface area (Å²) in [6, 6.07) is 0.572.